The summed E-state index contributed by atoms with van der Waals surface area (Å²) in [5.41, 5.74) is 11.8. The monoisotopic (exact) mass is 665 g/mol. The highest BCUT2D eigenvalue weighted by Gasteiger charge is 2.17. The van der Waals surface area contributed by atoms with Gasteiger partial charge in [0, 0.05) is 37.5 Å². The van der Waals surface area contributed by atoms with E-state index in [1.807, 2.05) is 17.5 Å². The van der Waals surface area contributed by atoms with Gasteiger partial charge in [-0.2, -0.15) is 0 Å². The Morgan fingerprint density at radius 2 is 0.745 bits per heavy atom. The number of rotatable bonds is 5. The Hall–Kier alpha value is -6.35. The van der Waals surface area contributed by atoms with Crippen molar-refractivity contribution in [3.63, 3.8) is 0 Å². The third-order valence-corrected chi connectivity index (χ3v) is 11.3. The number of aromatic nitrogens is 1. The molecule has 238 valence electrons. The van der Waals surface area contributed by atoms with Crippen LogP contribution in [0.2, 0.25) is 0 Å². The normalized spacial score (nSPS) is 11.5. The molecule has 8 aromatic carbocycles. The second-order valence-corrected chi connectivity index (χ2v) is 14.2. The molecule has 2 heteroatoms. The minimum atomic E-state index is 0.966. The van der Waals surface area contributed by atoms with Gasteiger partial charge in [-0.05, 0) is 84.8 Å². The lowest BCUT2D eigenvalue weighted by molar-refractivity contribution is 1.33. The molecule has 2 aromatic heterocycles. The highest BCUT2D eigenvalue weighted by Crippen LogP contribution is 2.44. The number of benzene rings is 8. The van der Waals surface area contributed by atoms with E-state index < -0.39 is 0 Å². The van der Waals surface area contributed by atoms with E-state index in [1.165, 1.54) is 80.7 Å². The molecule has 51 heavy (non-hydrogen) atoms. The van der Waals surface area contributed by atoms with Crippen molar-refractivity contribution in [1.82, 2.24) is 4.98 Å². The van der Waals surface area contributed by atoms with Gasteiger partial charge >= 0.3 is 0 Å². The van der Waals surface area contributed by atoms with Crippen LogP contribution in [0.1, 0.15) is 0 Å². The van der Waals surface area contributed by atoms with Gasteiger partial charge in [-0.15, -0.1) is 11.3 Å². The maximum Gasteiger partial charge on any atom is 0.0702 e. The van der Waals surface area contributed by atoms with Crippen molar-refractivity contribution < 1.29 is 0 Å². The SMILES string of the molecule is c1ccc(-c2ccc(-c3c4ccccc4c(-c4ccc(-c5ccc(-c6ccc7sc8ccccc8c7c6)cc5)nc4)c4ccccc34)cc2)cc1. The largest absolute Gasteiger partial charge is 0.256 e. The van der Waals surface area contributed by atoms with E-state index in [0.717, 1.165) is 16.8 Å². The first kappa shape index (κ1) is 29.6. The standard InChI is InChI=1S/C49H31NS/c1-2-10-32(11-3-1)33-20-24-36(25-21-33)48-40-13-4-6-15-42(40)49(43-16-7-5-14-41(43)48)38-26-28-45(50-31-38)35-22-18-34(19-23-35)37-27-29-47-44(30-37)39-12-8-9-17-46(39)51-47/h1-31H. The Labute approximate surface area is 300 Å². The van der Waals surface area contributed by atoms with E-state index in [0.29, 0.717) is 0 Å². The Balaban J connectivity index is 1.01. The molecule has 0 aliphatic rings. The summed E-state index contributed by atoms with van der Waals surface area (Å²) < 4.78 is 2.66. The van der Waals surface area contributed by atoms with Crippen molar-refractivity contribution in [3.8, 4) is 55.8 Å². The van der Waals surface area contributed by atoms with Crippen LogP contribution in [-0.2, 0) is 0 Å². The summed E-state index contributed by atoms with van der Waals surface area (Å²) in [6.45, 7) is 0. The molecule has 1 nitrogen and oxygen atoms in total. The fourth-order valence-corrected chi connectivity index (χ4v) is 8.75. The van der Waals surface area contributed by atoms with Crippen molar-refractivity contribution >= 4 is 53.1 Å². The lowest BCUT2D eigenvalue weighted by atomic mass is 9.86. The zero-order valence-electron chi connectivity index (χ0n) is 27.8. The summed E-state index contributed by atoms with van der Waals surface area (Å²) in [5, 5.41) is 7.59. The molecular weight excluding hydrogens is 635 g/mol. The van der Waals surface area contributed by atoms with E-state index in [1.54, 1.807) is 0 Å². The van der Waals surface area contributed by atoms with Crippen molar-refractivity contribution in [1.29, 1.82) is 0 Å². The summed E-state index contributed by atoms with van der Waals surface area (Å²) >= 11 is 1.86. The topological polar surface area (TPSA) is 12.9 Å². The zero-order valence-corrected chi connectivity index (χ0v) is 28.6. The molecule has 0 saturated heterocycles. The Kier molecular flexibility index (Phi) is 7.07. The minimum Gasteiger partial charge on any atom is -0.256 e. The first-order valence-electron chi connectivity index (χ1n) is 17.4. The van der Waals surface area contributed by atoms with Gasteiger partial charge in [0.05, 0.1) is 5.69 Å². The maximum atomic E-state index is 5.03. The second-order valence-electron chi connectivity index (χ2n) is 13.1. The third kappa shape index (κ3) is 5.12. The average molecular weight is 666 g/mol. The smallest absolute Gasteiger partial charge is 0.0702 e. The van der Waals surface area contributed by atoms with Crippen LogP contribution in [0.4, 0.5) is 0 Å². The molecular formula is C49H31NS. The van der Waals surface area contributed by atoms with E-state index >= 15 is 0 Å². The first-order valence-corrected chi connectivity index (χ1v) is 18.2. The molecule has 0 amide bonds. The summed E-state index contributed by atoms with van der Waals surface area (Å²) in [4.78, 5) is 5.03. The van der Waals surface area contributed by atoms with Crippen LogP contribution >= 0.6 is 11.3 Å². The minimum absolute atomic E-state index is 0.966. The average Bonchev–Trinajstić information content (AvgIpc) is 3.59. The molecule has 0 unspecified atom stereocenters. The maximum absolute atomic E-state index is 5.03. The van der Waals surface area contributed by atoms with Crippen LogP contribution in [0.25, 0.3) is 97.5 Å². The quantitative estimate of drug-likeness (QED) is 0.167. The number of thiophene rings is 1. The number of hydrogen-bond donors (Lipinski definition) is 0. The van der Waals surface area contributed by atoms with Gasteiger partial charge in [0.2, 0.25) is 0 Å². The summed E-state index contributed by atoms with van der Waals surface area (Å²) in [7, 11) is 0. The molecule has 10 rings (SSSR count). The van der Waals surface area contributed by atoms with Crippen LogP contribution in [0.5, 0.6) is 0 Å². The fraction of sp³-hybridized carbons (Fsp3) is 0. The van der Waals surface area contributed by atoms with E-state index in [2.05, 4.69) is 182 Å². The van der Waals surface area contributed by atoms with Crippen LogP contribution in [0.15, 0.2) is 188 Å². The van der Waals surface area contributed by atoms with Gasteiger partial charge in [-0.25, -0.2) is 0 Å². The molecule has 10 aromatic rings. The van der Waals surface area contributed by atoms with Gasteiger partial charge in [0.25, 0.3) is 0 Å². The first-order chi connectivity index (χ1) is 25.3. The highest BCUT2D eigenvalue weighted by atomic mass is 32.1. The number of nitrogens with zero attached hydrogens (tertiary/aromatic N) is 1. The lowest BCUT2D eigenvalue weighted by Gasteiger charge is -2.18. The molecule has 0 atom stereocenters. The van der Waals surface area contributed by atoms with Gasteiger partial charge in [0.1, 0.15) is 0 Å². The van der Waals surface area contributed by atoms with Crippen LogP contribution in [-0.4, -0.2) is 4.98 Å². The van der Waals surface area contributed by atoms with Crippen molar-refractivity contribution in [2.24, 2.45) is 0 Å². The molecule has 0 saturated carbocycles. The van der Waals surface area contributed by atoms with Crippen LogP contribution < -0.4 is 0 Å². The van der Waals surface area contributed by atoms with Crippen LogP contribution in [0, 0.1) is 0 Å². The lowest BCUT2D eigenvalue weighted by Crippen LogP contribution is -1.92. The van der Waals surface area contributed by atoms with Crippen molar-refractivity contribution in [3.05, 3.63) is 188 Å². The van der Waals surface area contributed by atoms with Gasteiger partial charge in [0.15, 0.2) is 0 Å². The summed E-state index contributed by atoms with van der Waals surface area (Å²) in [5.74, 6) is 0. The molecule has 0 spiro atoms. The van der Waals surface area contributed by atoms with Gasteiger partial charge in [-0.3, -0.25) is 4.98 Å². The Morgan fingerprint density at radius 1 is 0.294 bits per heavy atom. The van der Waals surface area contributed by atoms with Crippen molar-refractivity contribution in [2.75, 3.05) is 0 Å². The summed E-state index contributed by atoms with van der Waals surface area (Å²) in [6, 6.07) is 65.9. The van der Waals surface area contributed by atoms with Gasteiger partial charge in [-0.1, -0.05) is 158 Å². The molecule has 0 aliphatic heterocycles. The second kappa shape index (κ2) is 12.2. The highest BCUT2D eigenvalue weighted by molar-refractivity contribution is 7.25. The molecule has 2 heterocycles. The van der Waals surface area contributed by atoms with Gasteiger partial charge < -0.3 is 0 Å². The molecule has 0 bridgehead atoms. The summed E-state index contributed by atoms with van der Waals surface area (Å²) in [6.07, 6.45) is 2.04. The fourth-order valence-electron chi connectivity index (χ4n) is 7.66. The van der Waals surface area contributed by atoms with E-state index in [-0.39, 0.29) is 0 Å². The Morgan fingerprint density at radius 3 is 1.37 bits per heavy atom. The molecule has 0 aliphatic carbocycles. The molecule has 0 N–H and O–H groups in total. The molecule has 0 radical (unpaired) electrons. The Bertz CT molecular complexity index is 2810. The predicted molar refractivity (Wildman–Crippen MR) is 219 cm³/mol. The number of pyridine rings is 1. The zero-order chi connectivity index (χ0) is 33.7. The molecule has 0 fully saturated rings. The third-order valence-electron chi connectivity index (χ3n) is 10.2. The van der Waals surface area contributed by atoms with E-state index in [4.69, 9.17) is 4.98 Å². The van der Waals surface area contributed by atoms with Crippen molar-refractivity contribution in [2.45, 2.75) is 0 Å². The number of fused-ring (bicyclic) bond motifs is 5. The predicted octanol–water partition coefficient (Wildman–Crippen LogP) is 14.1. The van der Waals surface area contributed by atoms with Crippen LogP contribution in [0.3, 0.4) is 0 Å². The van der Waals surface area contributed by atoms with E-state index in [9.17, 15) is 0 Å². The number of hydrogen-bond acceptors (Lipinski definition) is 2.